The second-order valence-corrected chi connectivity index (χ2v) is 3.57. The van der Waals surface area contributed by atoms with Gasteiger partial charge in [-0.1, -0.05) is 0 Å². The zero-order valence-corrected chi connectivity index (χ0v) is 9.23. The van der Waals surface area contributed by atoms with Crippen LogP contribution in [0.15, 0.2) is 30.5 Å². The second kappa shape index (κ2) is 4.07. The van der Waals surface area contributed by atoms with E-state index >= 15 is 0 Å². The Hall–Kier alpha value is -2.28. The van der Waals surface area contributed by atoms with Crippen LogP contribution in [0.3, 0.4) is 0 Å². The summed E-state index contributed by atoms with van der Waals surface area (Å²) >= 11 is 0. The lowest BCUT2D eigenvalue weighted by molar-refractivity contribution is 0.870. The quantitative estimate of drug-likeness (QED) is 0.830. The van der Waals surface area contributed by atoms with Crippen LogP contribution >= 0.6 is 0 Å². The molecule has 0 saturated carbocycles. The van der Waals surface area contributed by atoms with Crippen LogP contribution in [0.2, 0.25) is 0 Å². The molecule has 0 spiro atoms. The van der Waals surface area contributed by atoms with Crippen molar-refractivity contribution in [3.8, 4) is 6.07 Å². The standard InChI is InChI=1S/C12H12N4/c1-9-5-6-10(2)16(9)15-12-11(8-13)4-3-7-14-12/h3-7H,1-2H3,(H,14,15). The minimum absolute atomic E-state index is 0.537. The molecule has 4 nitrogen and oxygen atoms in total. The third kappa shape index (κ3) is 1.75. The van der Waals surface area contributed by atoms with Gasteiger partial charge in [-0.25, -0.2) is 4.98 Å². The van der Waals surface area contributed by atoms with E-state index in [1.54, 1.807) is 18.3 Å². The van der Waals surface area contributed by atoms with Gasteiger partial charge in [-0.15, -0.1) is 0 Å². The van der Waals surface area contributed by atoms with E-state index in [0.29, 0.717) is 11.4 Å². The van der Waals surface area contributed by atoms with Crippen molar-refractivity contribution in [3.63, 3.8) is 0 Å². The monoisotopic (exact) mass is 212 g/mol. The molecule has 1 N–H and O–H groups in total. The number of anilines is 1. The molecule has 0 saturated heterocycles. The highest BCUT2D eigenvalue weighted by Gasteiger charge is 2.05. The van der Waals surface area contributed by atoms with Crippen LogP contribution in [0.1, 0.15) is 17.0 Å². The Kier molecular flexibility index (Phi) is 2.61. The molecule has 16 heavy (non-hydrogen) atoms. The summed E-state index contributed by atoms with van der Waals surface area (Å²) < 4.78 is 1.91. The van der Waals surface area contributed by atoms with Gasteiger partial charge in [0.25, 0.3) is 0 Å². The van der Waals surface area contributed by atoms with Crippen molar-refractivity contribution < 1.29 is 0 Å². The number of nitriles is 1. The van der Waals surface area contributed by atoms with E-state index in [1.807, 2.05) is 30.7 Å². The molecule has 2 aromatic heterocycles. The molecule has 2 heterocycles. The van der Waals surface area contributed by atoms with Crippen LogP contribution in [-0.4, -0.2) is 9.66 Å². The first kappa shape index (κ1) is 10.2. The Bertz CT molecular complexity index is 529. The minimum atomic E-state index is 0.537. The topological polar surface area (TPSA) is 53.6 Å². The van der Waals surface area contributed by atoms with Crippen LogP contribution in [0.25, 0.3) is 0 Å². The van der Waals surface area contributed by atoms with E-state index in [0.717, 1.165) is 11.4 Å². The maximum atomic E-state index is 8.95. The van der Waals surface area contributed by atoms with Crippen LogP contribution < -0.4 is 5.43 Å². The SMILES string of the molecule is Cc1ccc(C)n1Nc1ncccc1C#N. The molecule has 0 aliphatic rings. The van der Waals surface area contributed by atoms with Crippen molar-refractivity contribution in [2.75, 3.05) is 5.43 Å². The van der Waals surface area contributed by atoms with E-state index in [9.17, 15) is 0 Å². The number of nitrogens with zero attached hydrogens (tertiary/aromatic N) is 3. The van der Waals surface area contributed by atoms with Crippen molar-refractivity contribution in [2.24, 2.45) is 0 Å². The molecule has 0 fully saturated rings. The number of pyridine rings is 1. The molecule has 0 unspecified atom stereocenters. The molecule has 0 aromatic carbocycles. The van der Waals surface area contributed by atoms with Gasteiger partial charge in [-0.2, -0.15) is 5.26 Å². The Balaban J connectivity index is 2.38. The van der Waals surface area contributed by atoms with Gasteiger partial charge in [0.1, 0.15) is 6.07 Å². The van der Waals surface area contributed by atoms with E-state index in [1.165, 1.54) is 0 Å². The van der Waals surface area contributed by atoms with Gasteiger partial charge in [-0.05, 0) is 38.1 Å². The molecule has 80 valence electrons. The van der Waals surface area contributed by atoms with Crippen LogP contribution in [-0.2, 0) is 0 Å². The normalized spacial score (nSPS) is 9.81. The molecule has 0 radical (unpaired) electrons. The van der Waals surface area contributed by atoms with Gasteiger partial charge in [0.05, 0.1) is 5.56 Å². The van der Waals surface area contributed by atoms with Crippen LogP contribution in [0.4, 0.5) is 5.82 Å². The first-order valence-electron chi connectivity index (χ1n) is 4.99. The first-order valence-corrected chi connectivity index (χ1v) is 4.99. The third-order valence-corrected chi connectivity index (χ3v) is 2.42. The number of hydrogen-bond donors (Lipinski definition) is 1. The van der Waals surface area contributed by atoms with Crippen molar-refractivity contribution in [3.05, 3.63) is 47.4 Å². The van der Waals surface area contributed by atoms with E-state index in [-0.39, 0.29) is 0 Å². The number of rotatable bonds is 2. The zero-order chi connectivity index (χ0) is 11.5. The Labute approximate surface area is 94.1 Å². The largest absolute Gasteiger partial charge is 0.276 e. The first-order chi connectivity index (χ1) is 7.72. The van der Waals surface area contributed by atoms with Gasteiger partial charge < -0.3 is 0 Å². The van der Waals surface area contributed by atoms with E-state index < -0.39 is 0 Å². The predicted molar refractivity (Wildman–Crippen MR) is 61.9 cm³/mol. The summed E-state index contributed by atoms with van der Waals surface area (Å²) in [5.74, 6) is 0.576. The molecule has 0 amide bonds. The molecular weight excluding hydrogens is 200 g/mol. The van der Waals surface area contributed by atoms with Gasteiger partial charge in [0.2, 0.25) is 0 Å². The van der Waals surface area contributed by atoms with Gasteiger partial charge in [0, 0.05) is 17.6 Å². The van der Waals surface area contributed by atoms with E-state index in [2.05, 4.69) is 16.5 Å². The number of aromatic nitrogens is 2. The summed E-state index contributed by atoms with van der Waals surface area (Å²) in [5, 5.41) is 8.95. The average Bonchev–Trinajstić information content (AvgIpc) is 2.61. The predicted octanol–water partition coefficient (Wildman–Crippen LogP) is 2.25. The highest BCUT2D eigenvalue weighted by atomic mass is 15.4. The fourth-order valence-electron chi connectivity index (χ4n) is 1.54. The molecule has 2 rings (SSSR count). The highest BCUT2D eigenvalue weighted by Crippen LogP contribution is 2.13. The highest BCUT2D eigenvalue weighted by molar-refractivity contribution is 5.51. The maximum absolute atomic E-state index is 8.95. The lowest BCUT2D eigenvalue weighted by Crippen LogP contribution is -2.14. The molecule has 0 aliphatic carbocycles. The molecular formula is C12H12N4. The number of aryl methyl sites for hydroxylation is 2. The van der Waals surface area contributed by atoms with Gasteiger partial charge in [0.15, 0.2) is 5.82 Å². The Morgan fingerprint density at radius 1 is 1.25 bits per heavy atom. The summed E-state index contributed by atoms with van der Waals surface area (Å²) in [6.07, 6.45) is 1.66. The van der Waals surface area contributed by atoms with E-state index in [4.69, 9.17) is 5.26 Å². The zero-order valence-electron chi connectivity index (χ0n) is 9.23. The third-order valence-electron chi connectivity index (χ3n) is 2.42. The molecule has 0 atom stereocenters. The van der Waals surface area contributed by atoms with Gasteiger partial charge >= 0.3 is 0 Å². The van der Waals surface area contributed by atoms with Crippen molar-refractivity contribution >= 4 is 5.82 Å². The lowest BCUT2D eigenvalue weighted by atomic mass is 10.3. The number of nitrogens with one attached hydrogen (secondary N) is 1. The van der Waals surface area contributed by atoms with Crippen LogP contribution in [0, 0.1) is 25.2 Å². The summed E-state index contributed by atoms with van der Waals surface area (Å²) in [7, 11) is 0. The summed E-state index contributed by atoms with van der Waals surface area (Å²) in [6.45, 7) is 3.99. The fraction of sp³-hybridized carbons (Fsp3) is 0.167. The lowest BCUT2D eigenvalue weighted by Gasteiger charge is -2.12. The van der Waals surface area contributed by atoms with Gasteiger partial charge in [-0.3, -0.25) is 10.1 Å². The minimum Gasteiger partial charge on any atom is -0.276 e. The smallest absolute Gasteiger partial charge is 0.162 e. The molecule has 0 bridgehead atoms. The molecule has 2 aromatic rings. The number of hydrogen-bond acceptors (Lipinski definition) is 3. The Morgan fingerprint density at radius 3 is 2.56 bits per heavy atom. The summed E-state index contributed by atoms with van der Waals surface area (Å²) in [5.41, 5.74) is 5.81. The summed E-state index contributed by atoms with van der Waals surface area (Å²) in [6, 6.07) is 9.62. The second-order valence-electron chi connectivity index (χ2n) is 3.57. The molecule has 4 heteroatoms. The van der Waals surface area contributed by atoms with Crippen molar-refractivity contribution in [1.29, 1.82) is 5.26 Å². The average molecular weight is 212 g/mol. The van der Waals surface area contributed by atoms with Crippen LogP contribution in [0.5, 0.6) is 0 Å². The summed E-state index contributed by atoms with van der Waals surface area (Å²) in [4.78, 5) is 4.15. The van der Waals surface area contributed by atoms with Crippen molar-refractivity contribution in [1.82, 2.24) is 9.66 Å². The maximum Gasteiger partial charge on any atom is 0.162 e. The van der Waals surface area contributed by atoms with Crippen molar-refractivity contribution in [2.45, 2.75) is 13.8 Å². The fourth-order valence-corrected chi connectivity index (χ4v) is 1.54. The molecule has 0 aliphatic heterocycles. The Morgan fingerprint density at radius 2 is 1.94 bits per heavy atom.